The van der Waals surface area contributed by atoms with Crippen molar-refractivity contribution in [2.24, 2.45) is 5.92 Å². The predicted molar refractivity (Wildman–Crippen MR) is 68.8 cm³/mol. The number of hydrogen-bond donors (Lipinski definition) is 2. The van der Waals surface area contributed by atoms with Gasteiger partial charge in [0.15, 0.2) is 0 Å². The molecule has 1 aliphatic carbocycles. The average Bonchev–Trinajstić information content (AvgIpc) is 3.25. The number of carbonyl (C=O) groups excluding carboxylic acids is 1. The average molecular weight is 339 g/mol. The fourth-order valence-corrected chi connectivity index (χ4v) is 1.99. The maximum atomic E-state index is 12.8. The summed E-state index contributed by atoms with van der Waals surface area (Å²) in [4.78, 5) is 15.1. The molecule has 2 amide bonds. The van der Waals surface area contributed by atoms with Crippen LogP contribution in [0.25, 0.3) is 0 Å². The highest BCUT2D eigenvalue weighted by Gasteiger charge is 2.49. The van der Waals surface area contributed by atoms with Crippen molar-refractivity contribution >= 4 is 6.03 Å². The summed E-state index contributed by atoms with van der Waals surface area (Å²) >= 11 is 0. The van der Waals surface area contributed by atoms with Crippen molar-refractivity contribution in [2.45, 2.75) is 38.2 Å². The first-order valence-electron chi connectivity index (χ1n) is 6.76. The fourth-order valence-electron chi connectivity index (χ4n) is 1.99. The summed E-state index contributed by atoms with van der Waals surface area (Å²) in [7, 11) is 0. The first kappa shape index (κ1) is 17.2. The molecule has 1 atom stereocenters. The van der Waals surface area contributed by atoms with E-state index < -0.39 is 30.8 Å². The van der Waals surface area contributed by atoms with E-state index in [0.29, 0.717) is 18.4 Å². The lowest BCUT2D eigenvalue weighted by Gasteiger charge is -2.21. The number of nitrogens with zero attached hydrogens (tertiary/aromatic N) is 1. The van der Waals surface area contributed by atoms with Crippen molar-refractivity contribution in [3.63, 3.8) is 0 Å². The van der Waals surface area contributed by atoms with Gasteiger partial charge < -0.3 is 15.4 Å². The van der Waals surface area contributed by atoms with Gasteiger partial charge >= 0.3 is 18.8 Å². The number of rotatable bonds is 6. The van der Waals surface area contributed by atoms with Gasteiger partial charge in [-0.25, -0.2) is 9.78 Å². The predicted octanol–water partition coefficient (Wildman–Crippen LogP) is 2.82. The van der Waals surface area contributed by atoms with Crippen molar-refractivity contribution < 1.29 is 31.5 Å². The molecule has 2 N–H and O–H groups in total. The molecule has 128 valence electrons. The number of alkyl halides is 5. The second-order valence-corrected chi connectivity index (χ2v) is 5.06. The number of nitrogens with one attached hydrogen (secondary N) is 2. The quantitative estimate of drug-likeness (QED) is 0.784. The number of halogens is 5. The number of aromatic nitrogens is 1. The van der Waals surface area contributed by atoms with Gasteiger partial charge in [-0.15, -0.1) is 0 Å². The maximum Gasteiger partial charge on any atom is 0.408 e. The Morgan fingerprint density at radius 3 is 2.65 bits per heavy atom. The lowest BCUT2D eigenvalue weighted by atomic mass is 10.2. The van der Waals surface area contributed by atoms with Crippen molar-refractivity contribution in [1.29, 1.82) is 0 Å². The van der Waals surface area contributed by atoms with Crippen LogP contribution in [0.3, 0.4) is 0 Å². The Morgan fingerprint density at radius 1 is 1.39 bits per heavy atom. The Hall–Kier alpha value is -2.13. The summed E-state index contributed by atoms with van der Waals surface area (Å²) in [6, 6.07) is -0.278. The van der Waals surface area contributed by atoms with Crippen LogP contribution in [0, 0.1) is 5.92 Å². The second kappa shape index (κ2) is 6.97. The normalized spacial score (nSPS) is 16.1. The first-order chi connectivity index (χ1) is 10.8. The van der Waals surface area contributed by atoms with Crippen LogP contribution in [-0.4, -0.2) is 29.8 Å². The SMILES string of the molecule is O=C(NCc1ccnc(OC(F)F)c1)NC(C1CC1)C(F)(F)F. The van der Waals surface area contributed by atoms with Gasteiger partial charge in [0.2, 0.25) is 5.88 Å². The van der Waals surface area contributed by atoms with Gasteiger partial charge in [-0.3, -0.25) is 0 Å². The first-order valence-corrected chi connectivity index (χ1v) is 6.76. The second-order valence-electron chi connectivity index (χ2n) is 5.06. The van der Waals surface area contributed by atoms with E-state index in [1.807, 2.05) is 5.32 Å². The molecule has 1 aromatic heterocycles. The van der Waals surface area contributed by atoms with Crippen LogP contribution in [0.1, 0.15) is 18.4 Å². The topological polar surface area (TPSA) is 63.2 Å². The summed E-state index contributed by atoms with van der Waals surface area (Å²) in [5, 5.41) is 4.14. The number of urea groups is 1. The fraction of sp³-hybridized carbons (Fsp3) is 0.538. The third kappa shape index (κ3) is 5.53. The maximum absolute atomic E-state index is 12.8. The van der Waals surface area contributed by atoms with Crippen LogP contribution in [-0.2, 0) is 6.54 Å². The third-order valence-corrected chi connectivity index (χ3v) is 3.19. The van der Waals surface area contributed by atoms with Crippen LogP contribution in [0.2, 0.25) is 0 Å². The lowest BCUT2D eigenvalue weighted by Crippen LogP contribution is -2.50. The minimum absolute atomic E-state index is 0.150. The molecule has 0 saturated heterocycles. The molecule has 1 heterocycles. The number of amides is 2. The minimum Gasteiger partial charge on any atom is -0.417 e. The van der Waals surface area contributed by atoms with Gasteiger partial charge in [-0.1, -0.05) is 0 Å². The van der Waals surface area contributed by atoms with Crippen LogP contribution < -0.4 is 15.4 Å². The number of hydrogen-bond acceptors (Lipinski definition) is 3. The van der Waals surface area contributed by atoms with E-state index in [9.17, 15) is 26.7 Å². The zero-order valence-electron chi connectivity index (χ0n) is 11.7. The molecule has 23 heavy (non-hydrogen) atoms. The van der Waals surface area contributed by atoms with E-state index in [2.05, 4.69) is 15.0 Å². The molecule has 0 bridgehead atoms. The van der Waals surface area contributed by atoms with E-state index >= 15 is 0 Å². The Labute approximate surface area is 128 Å². The molecule has 0 radical (unpaired) electrons. The van der Waals surface area contributed by atoms with E-state index in [4.69, 9.17) is 0 Å². The molecular weight excluding hydrogens is 325 g/mol. The van der Waals surface area contributed by atoms with Crippen molar-refractivity contribution in [3.8, 4) is 5.88 Å². The van der Waals surface area contributed by atoms with E-state index in [1.165, 1.54) is 12.3 Å². The van der Waals surface area contributed by atoms with Crippen LogP contribution in [0.15, 0.2) is 18.3 Å². The lowest BCUT2D eigenvalue weighted by molar-refractivity contribution is -0.157. The Kier molecular flexibility index (Phi) is 5.22. The van der Waals surface area contributed by atoms with E-state index in [-0.39, 0.29) is 12.4 Å². The molecule has 1 aliphatic rings. The third-order valence-electron chi connectivity index (χ3n) is 3.19. The van der Waals surface area contributed by atoms with Crippen LogP contribution in [0.4, 0.5) is 26.7 Å². The zero-order chi connectivity index (χ0) is 17.0. The van der Waals surface area contributed by atoms with Gasteiger partial charge in [0.05, 0.1) is 0 Å². The summed E-state index contributed by atoms with van der Waals surface area (Å²) in [5.41, 5.74) is 0.362. The van der Waals surface area contributed by atoms with E-state index in [1.54, 1.807) is 0 Å². The Bertz CT molecular complexity index is 549. The molecule has 2 rings (SSSR count). The molecule has 1 fully saturated rings. The van der Waals surface area contributed by atoms with Crippen molar-refractivity contribution in [3.05, 3.63) is 23.9 Å². The van der Waals surface area contributed by atoms with Crippen molar-refractivity contribution in [2.75, 3.05) is 0 Å². The Morgan fingerprint density at radius 2 is 2.09 bits per heavy atom. The molecular formula is C13H14F5N3O2. The van der Waals surface area contributed by atoms with Gasteiger partial charge in [0.1, 0.15) is 6.04 Å². The summed E-state index contributed by atoms with van der Waals surface area (Å²) in [6.45, 7) is -3.19. The number of ether oxygens (including phenoxy) is 1. The van der Waals surface area contributed by atoms with Crippen LogP contribution in [0.5, 0.6) is 5.88 Å². The van der Waals surface area contributed by atoms with Gasteiger partial charge in [-0.05, 0) is 30.4 Å². The van der Waals surface area contributed by atoms with Gasteiger partial charge in [0.25, 0.3) is 0 Å². The molecule has 0 aliphatic heterocycles. The molecule has 1 aromatic rings. The van der Waals surface area contributed by atoms with Crippen LogP contribution >= 0.6 is 0 Å². The Balaban J connectivity index is 1.86. The van der Waals surface area contributed by atoms with Gasteiger partial charge in [-0.2, -0.15) is 22.0 Å². The monoisotopic (exact) mass is 339 g/mol. The summed E-state index contributed by atoms with van der Waals surface area (Å²) in [5.74, 6) is -0.932. The molecule has 10 heteroatoms. The smallest absolute Gasteiger partial charge is 0.408 e. The zero-order valence-corrected chi connectivity index (χ0v) is 11.7. The highest BCUT2D eigenvalue weighted by molar-refractivity contribution is 5.74. The van der Waals surface area contributed by atoms with Gasteiger partial charge in [0, 0.05) is 18.8 Å². The molecule has 0 aromatic carbocycles. The van der Waals surface area contributed by atoms with E-state index in [0.717, 1.165) is 6.07 Å². The highest BCUT2D eigenvalue weighted by Crippen LogP contribution is 2.40. The molecule has 1 saturated carbocycles. The number of carbonyl (C=O) groups is 1. The largest absolute Gasteiger partial charge is 0.417 e. The summed E-state index contributed by atoms with van der Waals surface area (Å²) in [6.07, 6.45) is -2.48. The van der Waals surface area contributed by atoms with Crippen molar-refractivity contribution in [1.82, 2.24) is 15.6 Å². The minimum atomic E-state index is -4.51. The highest BCUT2D eigenvalue weighted by atomic mass is 19.4. The number of pyridine rings is 1. The molecule has 5 nitrogen and oxygen atoms in total. The summed E-state index contributed by atoms with van der Waals surface area (Å²) < 4.78 is 66.5. The molecule has 0 spiro atoms. The standard InChI is InChI=1S/C13H14F5N3O2/c14-11(15)23-9-5-7(3-4-19-9)6-20-12(22)21-10(8-1-2-8)13(16,17)18/h3-5,8,10-11H,1-2,6H2,(H2,20,21,22). The molecule has 1 unspecified atom stereocenters.